The number of hydrogen-bond donors (Lipinski definition) is 1. The molecule has 0 heterocycles. The van der Waals surface area contributed by atoms with Gasteiger partial charge in [0.2, 0.25) is 0 Å². The highest BCUT2D eigenvalue weighted by atomic mass is 35.5. The fourth-order valence-electron chi connectivity index (χ4n) is 2.11. The monoisotopic (exact) mass is 237 g/mol. The van der Waals surface area contributed by atoms with Gasteiger partial charge >= 0.3 is 0 Å². The molecule has 4 heteroatoms. The molecule has 1 aromatic carbocycles. The summed E-state index contributed by atoms with van der Waals surface area (Å²) < 4.78 is 5.23. The van der Waals surface area contributed by atoms with Crippen LogP contribution in [0, 0.1) is 17.2 Å². The average molecular weight is 238 g/mol. The Morgan fingerprint density at radius 3 is 2.94 bits per heavy atom. The van der Waals surface area contributed by atoms with E-state index < -0.39 is 5.41 Å². The minimum atomic E-state index is -0.620. The molecule has 1 aliphatic rings. The Hall–Kier alpha value is -1.24. The summed E-state index contributed by atoms with van der Waals surface area (Å²) in [4.78, 5) is 0. The number of aliphatic hydroxyl groups is 1. The quantitative estimate of drug-likeness (QED) is 0.876. The Balaban J connectivity index is 2.48. The first-order chi connectivity index (χ1) is 7.67. The maximum atomic E-state index is 9.26. The van der Waals surface area contributed by atoms with Gasteiger partial charge in [-0.3, -0.25) is 0 Å². The second-order valence-electron chi connectivity index (χ2n) is 4.01. The number of hydrogen-bond acceptors (Lipinski definition) is 3. The van der Waals surface area contributed by atoms with Crippen molar-refractivity contribution in [1.29, 1.82) is 5.26 Å². The topological polar surface area (TPSA) is 53.2 Å². The molecule has 0 spiro atoms. The van der Waals surface area contributed by atoms with Gasteiger partial charge in [-0.2, -0.15) is 5.26 Å². The SMILES string of the molecule is COc1ccc(Cl)cc1C1(C#N)CC1CO. The van der Waals surface area contributed by atoms with E-state index in [1.807, 2.05) is 0 Å². The second kappa shape index (κ2) is 3.97. The van der Waals surface area contributed by atoms with Gasteiger partial charge in [0, 0.05) is 23.1 Å². The van der Waals surface area contributed by atoms with Gasteiger partial charge in [-0.05, 0) is 24.6 Å². The van der Waals surface area contributed by atoms with Crippen LogP contribution >= 0.6 is 11.6 Å². The molecule has 0 amide bonds. The molecule has 0 aliphatic heterocycles. The fraction of sp³-hybridized carbons (Fsp3) is 0.417. The van der Waals surface area contributed by atoms with Crippen LogP contribution < -0.4 is 4.74 Å². The lowest BCUT2D eigenvalue weighted by molar-refractivity contribution is 0.268. The Bertz CT molecular complexity index is 455. The molecule has 0 aromatic heterocycles. The molecule has 2 rings (SSSR count). The predicted octanol–water partition coefficient (Wildman–Crippen LogP) is 2.12. The zero-order valence-electron chi connectivity index (χ0n) is 8.90. The van der Waals surface area contributed by atoms with Crippen molar-refractivity contribution in [1.82, 2.24) is 0 Å². The fourth-order valence-corrected chi connectivity index (χ4v) is 2.28. The van der Waals surface area contributed by atoms with E-state index >= 15 is 0 Å². The number of methoxy groups -OCH3 is 1. The molecule has 84 valence electrons. The van der Waals surface area contributed by atoms with Crippen molar-refractivity contribution >= 4 is 11.6 Å². The first-order valence-electron chi connectivity index (χ1n) is 5.04. The smallest absolute Gasteiger partial charge is 0.123 e. The highest BCUT2D eigenvalue weighted by Crippen LogP contribution is 2.56. The Morgan fingerprint density at radius 1 is 1.69 bits per heavy atom. The van der Waals surface area contributed by atoms with Crippen molar-refractivity contribution in [3.8, 4) is 11.8 Å². The van der Waals surface area contributed by atoms with Gasteiger partial charge in [0.05, 0.1) is 18.6 Å². The molecule has 2 atom stereocenters. The number of halogens is 1. The molecule has 0 radical (unpaired) electrons. The maximum Gasteiger partial charge on any atom is 0.123 e. The molecule has 0 saturated heterocycles. The second-order valence-corrected chi connectivity index (χ2v) is 4.45. The van der Waals surface area contributed by atoms with E-state index in [0.29, 0.717) is 17.2 Å². The van der Waals surface area contributed by atoms with Crippen molar-refractivity contribution in [3.63, 3.8) is 0 Å². The van der Waals surface area contributed by atoms with Crippen molar-refractivity contribution in [2.75, 3.05) is 13.7 Å². The predicted molar refractivity (Wildman–Crippen MR) is 60.5 cm³/mol. The van der Waals surface area contributed by atoms with Crippen LogP contribution in [0.25, 0.3) is 0 Å². The molecule has 1 saturated carbocycles. The van der Waals surface area contributed by atoms with Crippen LogP contribution in [0.5, 0.6) is 5.75 Å². The van der Waals surface area contributed by atoms with E-state index in [9.17, 15) is 5.26 Å². The molecular weight excluding hydrogens is 226 g/mol. The third-order valence-electron chi connectivity index (χ3n) is 3.17. The largest absolute Gasteiger partial charge is 0.496 e. The number of aliphatic hydroxyl groups excluding tert-OH is 1. The first-order valence-corrected chi connectivity index (χ1v) is 5.42. The summed E-state index contributed by atoms with van der Waals surface area (Å²) in [6.45, 7) is 0.0171. The lowest BCUT2D eigenvalue weighted by atomic mass is 9.94. The number of benzene rings is 1. The summed E-state index contributed by atoms with van der Waals surface area (Å²) in [5, 5.41) is 19.0. The molecule has 2 unspecified atom stereocenters. The van der Waals surface area contributed by atoms with E-state index in [2.05, 4.69) is 6.07 Å². The zero-order valence-corrected chi connectivity index (χ0v) is 9.66. The van der Waals surface area contributed by atoms with E-state index in [1.54, 1.807) is 25.3 Å². The number of ether oxygens (including phenoxy) is 1. The van der Waals surface area contributed by atoms with Crippen LogP contribution in [0.2, 0.25) is 5.02 Å². The summed E-state index contributed by atoms with van der Waals surface area (Å²) in [6.07, 6.45) is 0.663. The lowest BCUT2D eigenvalue weighted by Crippen LogP contribution is -2.11. The molecule has 3 nitrogen and oxygen atoms in total. The summed E-state index contributed by atoms with van der Waals surface area (Å²) in [5.74, 6) is 0.645. The molecule has 1 fully saturated rings. The van der Waals surface area contributed by atoms with E-state index in [-0.39, 0.29) is 12.5 Å². The number of rotatable bonds is 3. The van der Waals surface area contributed by atoms with Crippen molar-refractivity contribution in [3.05, 3.63) is 28.8 Å². The zero-order chi connectivity index (χ0) is 11.8. The minimum Gasteiger partial charge on any atom is -0.496 e. The maximum absolute atomic E-state index is 9.26. The van der Waals surface area contributed by atoms with E-state index in [1.165, 1.54) is 0 Å². The molecular formula is C12H12ClNO2. The van der Waals surface area contributed by atoms with Gasteiger partial charge in [-0.25, -0.2) is 0 Å². The molecule has 0 bridgehead atoms. The van der Waals surface area contributed by atoms with Gasteiger partial charge in [0.25, 0.3) is 0 Å². The summed E-state index contributed by atoms with van der Waals surface area (Å²) in [5.41, 5.74) is 0.161. The molecule has 1 aliphatic carbocycles. The van der Waals surface area contributed by atoms with Crippen LogP contribution in [0.1, 0.15) is 12.0 Å². The highest BCUT2D eigenvalue weighted by molar-refractivity contribution is 6.30. The van der Waals surface area contributed by atoms with Crippen LogP contribution in [-0.4, -0.2) is 18.8 Å². The normalized spacial score (nSPS) is 27.2. The Morgan fingerprint density at radius 2 is 2.44 bits per heavy atom. The van der Waals surface area contributed by atoms with Gasteiger partial charge < -0.3 is 9.84 Å². The third kappa shape index (κ3) is 1.55. The van der Waals surface area contributed by atoms with Crippen LogP contribution in [0.15, 0.2) is 18.2 Å². The standard InChI is InChI=1S/C12H12ClNO2/c1-16-11-3-2-9(13)4-10(11)12(7-14)5-8(12)6-15/h2-4,8,15H,5-6H2,1H3. The first kappa shape index (κ1) is 11.3. The van der Waals surface area contributed by atoms with Gasteiger partial charge in [-0.15, -0.1) is 0 Å². The average Bonchev–Trinajstić information content (AvgIpc) is 3.04. The van der Waals surface area contributed by atoms with Crippen molar-refractivity contribution in [2.45, 2.75) is 11.8 Å². The van der Waals surface area contributed by atoms with Crippen LogP contribution in [0.4, 0.5) is 0 Å². The molecule has 1 aromatic rings. The third-order valence-corrected chi connectivity index (χ3v) is 3.40. The summed E-state index contributed by atoms with van der Waals surface area (Å²) in [7, 11) is 1.56. The van der Waals surface area contributed by atoms with Crippen LogP contribution in [0.3, 0.4) is 0 Å². The van der Waals surface area contributed by atoms with E-state index in [0.717, 1.165) is 5.56 Å². The van der Waals surface area contributed by atoms with E-state index in [4.69, 9.17) is 21.4 Å². The molecule has 16 heavy (non-hydrogen) atoms. The number of nitriles is 1. The summed E-state index contributed by atoms with van der Waals surface area (Å²) >= 11 is 5.93. The van der Waals surface area contributed by atoms with Crippen molar-refractivity contribution < 1.29 is 9.84 Å². The lowest BCUT2D eigenvalue weighted by Gasteiger charge is -2.13. The van der Waals surface area contributed by atoms with Crippen molar-refractivity contribution in [2.24, 2.45) is 5.92 Å². The van der Waals surface area contributed by atoms with Gasteiger partial charge in [0.15, 0.2) is 0 Å². The van der Waals surface area contributed by atoms with Gasteiger partial charge in [0.1, 0.15) is 5.75 Å². The number of nitrogens with zero attached hydrogens (tertiary/aromatic N) is 1. The van der Waals surface area contributed by atoms with Crippen LogP contribution in [-0.2, 0) is 5.41 Å². The molecule has 1 N–H and O–H groups in total. The van der Waals surface area contributed by atoms with Gasteiger partial charge in [-0.1, -0.05) is 11.6 Å². The minimum absolute atomic E-state index is 0.00938. The Labute approximate surface area is 99.2 Å². The highest BCUT2D eigenvalue weighted by Gasteiger charge is 2.57. The summed E-state index contributed by atoms with van der Waals surface area (Å²) in [6, 6.07) is 7.50. The Kier molecular flexibility index (Phi) is 2.79.